The Labute approximate surface area is 76.9 Å². The van der Waals surface area contributed by atoms with Gasteiger partial charge in [0.1, 0.15) is 5.82 Å². The summed E-state index contributed by atoms with van der Waals surface area (Å²) in [5.41, 5.74) is 1.18. The fourth-order valence-corrected chi connectivity index (χ4v) is 1.28. The Morgan fingerprint density at radius 3 is 2.85 bits per heavy atom. The van der Waals surface area contributed by atoms with E-state index in [4.69, 9.17) is 0 Å². The van der Waals surface area contributed by atoms with Gasteiger partial charge in [0.15, 0.2) is 0 Å². The van der Waals surface area contributed by atoms with Crippen molar-refractivity contribution >= 4 is 0 Å². The van der Waals surface area contributed by atoms with Gasteiger partial charge in [-0.1, -0.05) is 0 Å². The van der Waals surface area contributed by atoms with Gasteiger partial charge in [0.05, 0.1) is 18.6 Å². The van der Waals surface area contributed by atoms with Crippen LogP contribution in [0.5, 0.6) is 0 Å². The van der Waals surface area contributed by atoms with Crippen molar-refractivity contribution in [3.05, 3.63) is 36.4 Å². The van der Waals surface area contributed by atoms with Crippen LogP contribution in [0.25, 0.3) is 0 Å². The lowest BCUT2D eigenvalue weighted by Gasteiger charge is -2.04. The molecule has 0 saturated carbocycles. The van der Waals surface area contributed by atoms with Crippen LogP contribution in [0.2, 0.25) is 0 Å². The maximum Gasteiger partial charge on any atom is 0.105 e. The number of imidazole rings is 2. The van der Waals surface area contributed by atoms with Crippen LogP contribution < -0.4 is 0 Å². The van der Waals surface area contributed by atoms with Crippen molar-refractivity contribution in [2.75, 3.05) is 0 Å². The van der Waals surface area contributed by atoms with E-state index in [1.807, 2.05) is 43.5 Å². The van der Waals surface area contributed by atoms with Gasteiger partial charge in [-0.3, -0.25) is 0 Å². The van der Waals surface area contributed by atoms with Crippen molar-refractivity contribution in [1.82, 2.24) is 19.1 Å². The van der Waals surface area contributed by atoms with E-state index in [2.05, 4.69) is 14.5 Å². The molecule has 0 aliphatic rings. The first-order chi connectivity index (χ1) is 6.27. The molecular formula is C9H12N4. The molecule has 0 N–H and O–H groups in total. The molecule has 0 fully saturated rings. The largest absolute Gasteiger partial charge is 0.336 e. The molecule has 0 amide bonds. The zero-order chi connectivity index (χ0) is 9.26. The monoisotopic (exact) mass is 176 g/mol. The van der Waals surface area contributed by atoms with Crippen LogP contribution >= 0.6 is 0 Å². The quantitative estimate of drug-likeness (QED) is 0.683. The average molecular weight is 176 g/mol. The topological polar surface area (TPSA) is 35.6 Å². The van der Waals surface area contributed by atoms with Crippen LogP contribution in [0, 0.1) is 6.92 Å². The van der Waals surface area contributed by atoms with Gasteiger partial charge in [-0.2, -0.15) is 0 Å². The highest BCUT2D eigenvalue weighted by atomic mass is 15.1. The van der Waals surface area contributed by atoms with Gasteiger partial charge in [0.2, 0.25) is 0 Å². The highest BCUT2D eigenvalue weighted by molar-refractivity contribution is 5.01. The van der Waals surface area contributed by atoms with Crippen LogP contribution in [-0.4, -0.2) is 19.1 Å². The fraction of sp³-hybridized carbons (Fsp3) is 0.333. The molecule has 2 rings (SSSR count). The minimum atomic E-state index is 0.836. The summed E-state index contributed by atoms with van der Waals surface area (Å²) in [7, 11) is 1.99. The van der Waals surface area contributed by atoms with Crippen LogP contribution in [-0.2, 0) is 13.6 Å². The summed E-state index contributed by atoms with van der Waals surface area (Å²) in [6, 6.07) is 0. The van der Waals surface area contributed by atoms with E-state index >= 15 is 0 Å². The van der Waals surface area contributed by atoms with Crippen molar-refractivity contribution in [3.63, 3.8) is 0 Å². The van der Waals surface area contributed by atoms with Gasteiger partial charge in [-0.25, -0.2) is 9.97 Å². The standard InChI is InChI=1S/C9H12N4/c1-8-11-3-4-13(8)6-9-5-10-7-12(9)2/h3-5,7H,6H2,1-2H3. The second kappa shape index (κ2) is 3.05. The zero-order valence-corrected chi connectivity index (χ0v) is 7.81. The summed E-state index contributed by atoms with van der Waals surface area (Å²) in [6.07, 6.45) is 7.47. The molecule has 0 aliphatic heterocycles. The summed E-state index contributed by atoms with van der Waals surface area (Å²) >= 11 is 0. The predicted molar refractivity (Wildman–Crippen MR) is 49.3 cm³/mol. The third-order valence-corrected chi connectivity index (χ3v) is 2.17. The molecule has 4 heteroatoms. The van der Waals surface area contributed by atoms with Gasteiger partial charge in [-0.15, -0.1) is 0 Å². The van der Waals surface area contributed by atoms with Crippen molar-refractivity contribution in [3.8, 4) is 0 Å². The molecule has 0 aromatic carbocycles. The lowest BCUT2D eigenvalue weighted by Crippen LogP contribution is -2.04. The van der Waals surface area contributed by atoms with E-state index in [0.717, 1.165) is 12.4 Å². The van der Waals surface area contributed by atoms with E-state index in [9.17, 15) is 0 Å². The number of aryl methyl sites for hydroxylation is 2. The second-order valence-corrected chi connectivity index (χ2v) is 3.10. The molecule has 2 aromatic heterocycles. The Morgan fingerprint density at radius 2 is 2.31 bits per heavy atom. The van der Waals surface area contributed by atoms with Gasteiger partial charge >= 0.3 is 0 Å². The molecule has 13 heavy (non-hydrogen) atoms. The first-order valence-corrected chi connectivity index (χ1v) is 4.20. The first-order valence-electron chi connectivity index (χ1n) is 4.20. The molecule has 4 nitrogen and oxygen atoms in total. The second-order valence-electron chi connectivity index (χ2n) is 3.10. The summed E-state index contributed by atoms with van der Waals surface area (Å²) in [6.45, 7) is 2.83. The summed E-state index contributed by atoms with van der Waals surface area (Å²) in [5.74, 6) is 1.03. The Balaban J connectivity index is 2.24. The molecule has 0 atom stereocenters. The number of nitrogens with zero attached hydrogens (tertiary/aromatic N) is 4. The minimum Gasteiger partial charge on any atom is -0.336 e. The van der Waals surface area contributed by atoms with Crippen LogP contribution in [0.15, 0.2) is 24.9 Å². The van der Waals surface area contributed by atoms with E-state index in [0.29, 0.717) is 0 Å². The van der Waals surface area contributed by atoms with Crippen molar-refractivity contribution < 1.29 is 0 Å². The fourth-order valence-electron chi connectivity index (χ4n) is 1.28. The predicted octanol–water partition coefficient (Wildman–Crippen LogP) is 0.973. The van der Waals surface area contributed by atoms with Gasteiger partial charge in [-0.05, 0) is 6.92 Å². The SMILES string of the molecule is Cc1nccn1Cc1cncn1C. The number of hydrogen-bond acceptors (Lipinski definition) is 2. The third-order valence-electron chi connectivity index (χ3n) is 2.17. The van der Waals surface area contributed by atoms with Crippen molar-refractivity contribution in [2.24, 2.45) is 7.05 Å². The van der Waals surface area contributed by atoms with Gasteiger partial charge in [0, 0.05) is 25.6 Å². The van der Waals surface area contributed by atoms with E-state index < -0.39 is 0 Å². The van der Waals surface area contributed by atoms with Gasteiger partial charge in [0.25, 0.3) is 0 Å². The maximum absolute atomic E-state index is 4.16. The Morgan fingerprint density at radius 1 is 1.46 bits per heavy atom. The molecule has 0 saturated heterocycles. The highest BCUT2D eigenvalue weighted by Crippen LogP contribution is 2.02. The number of hydrogen-bond donors (Lipinski definition) is 0. The minimum absolute atomic E-state index is 0.836. The Bertz CT molecular complexity index is 361. The number of aromatic nitrogens is 4. The molecule has 0 aliphatic carbocycles. The van der Waals surface area contributed by atoms with Crippen LogP contribution in [0.4, 0.5) is 0 Å². The normalized spacial score (nSPS) is 10.6. The lowest BCUT2D eigenvalue weighted by atomic mass is 10.4. The molecule has 0 radical (unpaired) electrons. The summed E-state index contributed by atoms with van der Waals surface area (Å²) < 4.78 is 4.11. The van der Waals surface area contributed by atoms with Crippen LogP contribution in [0.1, 0.15) is 11.5 Å². The maximum atomic E-state index is 4.16. The molecule has 2 heterocycles. The Kier molecular flexibility index (Phi) is 1.88. The van der Waals surface area contributed by atoms with E-state index in [-0.39, 0.29) is 0 Å². The smallest absolute Gasteiger partial charge is 0.105 e. The molecule has 0 spiro atoms. The Hall–Kier alpha value is -1.58. The van der Waals surface area contributed by atoms with Crippen molar-refractivity contribution in [2.45, 2.75) is 13.5 Å². The average Bonchev–Trinajstić information content (AvgIpc) is 2.65. The third kappa shape index (κ3) is 1.47. The zero-order valence-electron chi connectivity index (χ0n) is 7.81. The molecule has 0 unspecified atom stereocenters. The van der Waals surface area contributed by atoms with Crippen LogP contribution in [0.3, 0.4) is 0 Å². The summed E-state index contributed by atoms with van der Waals surface area (Å²) in [5, 5.41) is 0. The summed E-state index contributed by atoms with van der Waals surface area (Å²) in [4.78, 5) is 8.22. The highest BCUT2D eigenvalue weighted by Gasteiger charge is 2.01. The van der Waals surface area contributed by atoms with Crippen molar-refractivity contribution in [1.29, 1.82) is 0 Å². The molecule has 68 valence electrons. The first kappa shape index (κ1) is 8.04. The number of rotatable bonds is 2. The molecular weight excluding hydrogens is 164 g/mol. The van der Waals surface area contributed by atoms with E-state index in [1.165, 1.54) is 5.69 Å². The lowest BCUT2D eigenvalue weighted by molar-refractivity contribution is 0.702. The van der Waals surface area contributed by atoms with E-state index in [1.54, 1.807) is 0 Å². The molecule has 2 aromatic rings. The molecule has 0 bridgehead atoms. The van der Waals surface area contributed by atoms with Gasteiger partial charge < -0.3 is 9.13 Å².